The summed E-state index contributed by atoms with van der Waals surface area (Å²) < 4.78 is 5.75. The predicted octanol–water partition coefficient (Wildman–Crippen LogP) is 5.37. The van der Waals surface area contributed by atoms with Crippen LogP contribution in [0.3, 0.4) is 0 Å². The van der Waals surface area contributed by atoms with E-state index >= 15 is 0 Å². The van der Waals surface area contributed by atoms with Gasteiger partial charge < -0.3 is 4.74 Å². The molecule has 1 atom stereocenters. The van der Waals surface area contributed by atoms with Crippen molar-refractivity contribution in [3.05, 3.63) is 101 Å². The molecule has 0 spiro atoms. The quantitative estimate of drug-likeness (QED) is 0.562. The van der Waals surface area contributed by atoms with Crippen molar-refractivity contribution in [2.75, 3.05) is 5.01 Å². The number of halogens is 1. The summed E-state index contributed by atoms with van der Waals surface area (Å²) in [6, 6.07) is 26.4. The van der Waals surface area contributed by atoms with E-state index in [1.54, 1.807) is 29.3 Å². The van der Waals surface area contributed by atoms with E-state index < -0.39 is 5.54 Å². The topological polar surface area (TPSA) is 41.9 Å². The molecular formula is C23H19ClN2O2. The Morgan fingerprint density at radius 3 is 2.14 bits per heavy atom. The van der Waals surface area contributed by atoms with Gasteiger partial charge in [0.05, 0.1) is 5.69 Å². The van der Waals surface area contributed by atoms with Crippen LogP contribution >= 0.6 is 11.6 Å². The molecule has 4 nitrogen and oxygen atoms in total. The van der Waals surface area contributed by atoms with Crippen LogP contribution in [0.15, 0.2) is 90.0 Å². The number of esters is 1. The number of ether oxygens (including phenoxy) is 1. The van der Waals surface area contributed by atoms with Crippen LogP contribution in [0.2, 0.25) is 5.02 Å². The van der Waals surface area contributed by atoms with Crippen molar-refractivity contribution in [3.8, 4) is 0 Å². The van der Waals surface area contributed by atoms with Gasteiger partial charge in [-0.25, -0.2) is 9.80 Å². The van der Waals surface area contributed by atoms with Crippen LogP contribution in [-0.2, 0) is 15.1 Å². The molecule has 0 amide bonds. The number of rotatable bonds is 4. The molecule has 0 radical (unpaired) electrons. The van der Waals surface area contributed by atoms with E-state index in [1.165, 1.54) is 0 Å². The Morgan fingerprint density at radius 2 is 1.54 bits per heavy atom. The third kappa shape index (κ3) is 3.06. The van der Waals surface area contributed by atoms with E-state index in [0.717, 1.165) is 11.3 Å². The van der Waals surface area contributed by atoms with Gasteiger partial charge in [0, 0.05) is 10.6 Å². The Kier molecular flexibility index (Phi) is 4.88. The van der Waals surface area contributed by atoms with E-state index in [1.807, 2.05) is 67.6 Å². The summed E-state index contributed by atoms with van der Waals surface area (Å²) in [6.07, 6.45) is 0.502. The fourth-order valence-corrected chi connectivity index (χ4v) is 3.59. The Morgan fingerprint density at radius 1 is 0.929 bits per heavy atom. The normalized spacial score (nSPS) is 19.1. The molecular weight excluding hydrogens is 372 g/mol. The molecule has 4 rings (SSSR count). The van der Waals surface area contributed by atoms with Gasteiger partial charge >= 0.3 is 5.97 Å². The standard InChI is InChI=1S/C23H19ClN2O2/c1-2-23(18-9-5-3-6-10-18)22(27)28-21(17-13-15-19(24)16-14-17)25-26(23)20-11-7-4-8-12-20/h3-16H,2H2,1H3/t23-/m1/s1. The molecule has 1 aliphatic rings. The molecule has 0 aromatic heterocycles. The molecule has 28 heavy (non-hydrogen) atoms. The lowest BCUT2D eigenvalue weighted by Gasteiger charge is -2.42. The number of anilines is 1. The summed E-state index contributed by atoms with van der Waals surface area (Å²) in [4.78, 5) is 13.4. The van der Waals surface area contributed by atoms with E-state index in [-0.39, 0.29) is 11.9 Å². The molecule has 0 fully saturated rings. The summed E-state index contributed by atoms with van der Waals surface area (Å²) in [5.74, 6) is -0.101. The Labute approximate surface area is 169 Å². The van der Waals surface area contributed by atoms with Crippen LogP contribution in [0.25, 0.3) is 0 Å². The molecule has 5 heteroatoms. The number of cyclic esters (lactones) is 1. The van der Waals surface area contributed by atoms with Gasteiger partial charge in [0.25, 0.3) is 0 Å². The molecule has 0 saturated heterocycles. The number of nitrogens with zero attached hydrogens (tertiary/aromatic N) is 2. The minimum atomic E-state index is -1.04. The van der Waals surface area contributed by atoms with Crippen molar-refractivity contribution in [2.24, 2.45) is 5.10 Å². The second-order valence-electron chi connectivity index (χ2n) is 6.53. The van der Waals surface area contributed by atoms with Crippen LogP contribution in [0.4, 0.5) is 5.69 Å². The summed E-state index contributed by atoms with van der Waals surface area (Å²) in [5.41, 5.74) is 1.30. The molecule has 0 N–H and O–H groups in total. The van der Waals surface area contributed by atoms with Gasteiger partial charge in [-0.05, 0) is 48.4 Å². The number of hydrazone groups is 1. The highest BCUT2D eigenvalue weighted by atomic mass is 35.5. The first-order valence-electron chi connectivity index (χ1n) is 9.13. The first-order chi connectivity index (χ1) is 13.6. The van der Waals surface area contributed by atoms with E-state index in [9.17, 15) is 4.79 Å². The smallest absolute Gasteiger partial charge is 0.345 e. The Balaban J connectivity index is 1.91. The maximum absolute atomic E-state index is 13.4. The number of benzene rings is 3. The first kappa shape index (κ1) is 18.3. The summed E-state index contributed by atoms with van der Waals surface area (Å²) in [6.45, 7) is 1.97. The minimum Gasteiger partial charge on any atom is -0.403 e. The van der Waals surface area contributed by atoms with Crippen LogP contribution in [-0.4, -0.2) is 11.9 Å². The van der Waals surface area contributed by atoms with Gasteiger partial charge in [0.15, 0.2) is 5.54 Å². The zero-order chi connectivity index (χ0) is 19.6. The Bertz CT molecular complexity index is 1000. The van der Waals surface area contributed by atoms with Crippen LogP contribution in [0.5, 0.6) is 0 Å². The number of carbonyl (C=O) groups is 1. The van der Waals surface area contributed by atoms with Crippen LogP contribution in [0, 0.1) is 0 Å². The maximum Gasteiger partial charge on any atom is 0.345 e. The molecule has 0 aliphatic carbocycles. The monoisotopic (exact) mass is 390 g/mol. The zero-order valence-corrected chi connectivity index (χ0v) is 16.1. The average Bonchev–Trinajstić information content (AvgIpc) is 2.75. The van der Waals surface area contributed by atoms with Crippen molar-refractivity contribution in [1.29, 1.82) is 0 Å². The van der Waals surface area contributed by atoms with Crippen molar-refractivity contribution >= 4 is 29.2 Å². The summed E-state index contributed by atoms with van der Waals surface area (Å²) in [7, 11) is 0. The van der Waals surface area contributed by atoms with E-state index in [4.69, 9.17) is 21.4 Å². The molecule has 1 heterocycles. The number of para-hydroxylation sites is 1. The van der Waals surface area contributed by atoms with Gasteiger partial charge in [-0.15, -0.1) is 5.10 Å². The summed E-state index contributed by atoms with van der Waals surface area (Å²) in [5, 5.41) is 7.15. The summed E-state index contributed by atoms with van der Waals surface area (Å²) >= 11 is 5.99. The van der Waals surface area contributed by atoms with E-state index in [2.05, 4.69) is 0 Å². The van der Waals surface area contributed by atoms with Gasteiger partial charge in [0.2, 0.25) is 5.90 Å². The molecule has 0 unspecified atom stereocenters. The number of hydrogen-bond acceptors (Lipinski definition) is 4. The van der Waals surface area contributed by atoms with Crippen LogP contribution in [0.1, 0.15) is 24.5 Å². The second kappa shape index (κ2) is 7.49. The van der Waals surface area contributed by atoms with E-state index in [0.29, 0.717) is 17.0 Å². The SMILES string of the molecule is CC[C@@]1(c2ccccc2)C(=O)OC(c2ccc(Cl)cc2)=NN1c1ccccc1. The molecule has 140 valence electrons. The van der Waals surface area contributed by atoms with Crippen molar-refractivity contribution < 1.29 is 9.53 Å². The third-order valence-corrected chi connectivity index (χ3v) is 5.19. The van der Waals surface area contributed by atoms with Crippen LogP contribution < -0.4 is 5.01 Å². The highest BCUT2D eigenvalue weighted by Crippen LogP contribution is 2.40. The Hall–Kier alpha value is -3.11. The molecule has 3 aromatic carbocycles. The number of hydrogen-bond donors (Lipinski definition) is 0. The fraction of sp³-hybridized carbons (Fsp3) is 0.130. The zero-order valence-electron chi connectivity index (χ0n) is 15.4. The first-order valence-corrected chi connectivity index (χ1v) is 9.50. The highest BCUT2D eigenvalue weighted by Gasteiger charge is 2.50. The highest BCUT2D eigenvalue weighted by molar-refractivity contribution is 6.30. The van der Waals surface area contributed by atoms with Gasteiger partial charge in [-0.1, -0.05) is 67.1 Å². The maximum atomic E-state index is 13.4. The van der Waals surface area contributed by atoms with Crippen molar-refractivity contribution in [3.63, 3.8) is 0 Å². The van der Waals surface area contributed by atoms with Crippen molar-refractivity contribution in [2.45, 2.75) is 18.9 Å². The minimum absolute atomic E-state index is 0.255. The molecule has 0 saturated carbocycles. The fourth-order valence-electron chi connectivity index (χ4n) is 3.46. The lowest BCUT2D eigenvalue weighted by molar-refractivity contribution is -0.143. The lowest BCUT2D eigenvalue weighted by Crippen LogP contribution is -2.54. The molecule has 3 aromatic rings. The largest absolute Gasteiger partial charge is 0.403 e. The van der Waals surface area contributed by atoms with Crippen molar-refractivity contribution in [1.82, 2.24) is 0 Å². The third-order valence-electron chi connectivity index (χ3n) is 4.93. The number of carbonyl (C=O) groups excluding carboxylic acids is 1. The van der Waals surface area contributed by atoms with Gasteiger partial charge in [-0.2, -0.15) is 0 Å². The molecule has 0 bridgehead atoms. The average molecular weight is 391 g/mol. The van der Waals surface area contributed by atoms with Gasteiger partial charge in [-0.3, -0.25) is 0 Å². The second-order valence-corrected chi connectivity index (χ2v) is 6.97. The van der Waals surface area contributed by atoms with Gasteiger partial charge in [0.1, 0.15) is 0 Å². The molecule has 1 aliphatic heterocycles. The predicted molar refractivity (Wildman–Crippen MR) is 111 cm³/mol. The lowest BCUT2D eigenvalue weighted by atomic mass is 9.85.